The molecule has 0 aromatic heterocycles. The molecule has 7 heteroatoms. The number of carbonyl (C=O) groups excluding carboxylic acids is 1. The summed E-state index contributed by atoms with van der Waals surface area (Å²) in [7, 11) is 3.34. The molecule has 0 bridgehead atoms. The van der Waals surface area contributed by atoms with Crippen molar-refractivity contribution in [3.8, 4) is 5.75 Å². The van der Waals surface area contributed by atoms with E-state index in [1.807, 2.05) is 18.2 Å². The van der Waals surface area contributed by atoms with Gasteiger partial charge in [0.05, 0.1) is 18.6 Å². The Morgan fingerprint density at radius 3 is 2.50 bits per heavy atom. The molecule has 0 aliphatic heterocycles. The van der Waals surface area contributed by atoms with Crippen LogP contribution in [0.1, 0.15) is 13.8 Å². The summed E-state index contributed by atoms with van der Waals surface area (Å²) in [4.78, 5) is 14.1. The van der Waals surface area contributed by atoms with Crippen molar-refractivity contribution in [3.05, 3.63) is 18.2 Å². The summed E-state index contributed by atoms with van der Waals surface area (Å²) in [5.74, 6) is 1.77. The Morgan fingerprint density at radius 2 is 2.00 bits per heavy atom. The van der Waals surface area contributed by atoms with Crippen LogP contribution in [0.4, 0.5) is 10.5 Å². The first-order valence-electron chi connectivity index (χ1n) is 6.05. The molecule has 0 N–H and O–H groups in total. The number of hydrogen-bond donors (Lipinski definition) is 0. The van der Waals surface area contributed by atoms with Gasteiger partial charge in [0.25, 0.3) is 0 Å². The van der Waals surface area contributed by atoms with Gasteiger partial charge < -0.3 is 9.47 Å². The van der Waals surface area contributed by atoms with E-state index in [0.29, 0.717) is 6.61 Å². The third kappa shape index (κ3) is 4.97. The largest absolute Gasteiger partial charge is 0.496 e. The minimum atomic E-state index is -0.352. The number of methoxy groups -OCH3 is 1. The summed E-state index contributed by atoms with van der Waals surface area (Å²) in [6.07, 6.45) is -0.352. The van der Waals surface area contributed by atoms with E-state index in [2.05, 4.69) is 6.92 Å². The lowest BCUT2D eigenvalue weighted by Gasteiger charge is -2.18. The van der Waals surface area contributed by atoms with E-state index in [-0.39, 0.29) is 6.09 Å². The second-order valence-corrected chi connectivity index (χ2v) is 4.83. The summed E-state index contributed by atoms with van der Waals surface area (Å²) >= 11 is 1.68. The number of amides is 1. The van der Waals surface area contributed by atoms with Gasteiger partial charge in [0, 0.05) is 23.5 Å². The monoisotopic (exact) mass is 297 g/mol. The van der Waals surface area contributed by atoms with E-state index in [0.717, 1.165) is 22.1 Å². The molecule has 0 unspecified atom stereocenters. The molecule has 0 aliphatic carbocycles. The Bertz CT molecular complexity index is 452. The highest BCUT2D eigenvalue weighted by molar-refractivity contribution is 7.99. The van der Waals surface area contributed by atoms with E-state index >= 15 is 0 Å². The maximum Gasteiger partial charge on any atom is 0.413 e. The van der Waals surface area contributed by atoms with Gasteiger partial charge in [-0.2, -0.15) is 0 Å². The molecule has 0 aliphatic rings. The zero-order valence-electron chi connectivity index (χ0n) is 12.1. The standard InChI is InChI=1S/C13H19NO3S.N2/c1-5-17-13(15)14(3)10-7-8-11(16-4)12(9-10)18-6-2;1-2/h7-9H,5-6H2,1-4H3;. The number of rotatable bonds is 5. The van der Waals surface area contributed by atoms with E-state index in [9.17, 15) is 4.79 Å². The van der Waals surface area contributed by atoms with Crippen LogP contribution in [0.25, 0.3) is 0 Å². The predicted molar refractivity (Wildman–Crippen MR) is 78.3 cm³/mol. The van der Waals surface area contributed by atoms with Crippen LogP contribution < -0.4 is 9.64 Å². The van der Waals surface area contributed by atoms with Crippen molar-refractivity contribution in [1.82, 2.24) is 0 Å². The zero-order chi connectivity index (χ0) is 15.5. The van der Waals surface area contributed by atoms with Crippen LogP contribution in [0.3, 0.4) is 0 Å². The summed E-state index contributed by atoms with van der Waals surface area (Å²) in [5.41, 5.74) is 0.796. The quantitative estimate of drug-likeness (QED) is 0.611. The molecule has 1 rings (SSSR count). The van der Waals surface area contributed by atoms with Crippen molar-refractivity contribution < 1.29 is 14.3 Å². The van der Waals surface area contributed by atoms with Gasteiger partial charge in [0.1, 0.15) is 5.75 Å². The van der Waals surface area contributed by atoms with Crippen molar-refractivity contribution >= 4 is 23.5 Å². The average molecular weight is 297 g/mol. The SMILES string of the molecule is CCOC(=O)N(C)c1ccc(OC)c(SCC)c1.N#N. The van der Waals surface area contributed by atoms with Crippen molar-refractivity contribution in [2.75, 3.05) is 31.4 Å². The minimum absolute atomic E-state index is 0.352. The highest BCUT2D eigenvalue weighted by Gasteiger charge is 2.13. The summed E-state index contributed by atoms with van der Waals surface area (Å²) in [6.45, 7) is 4.24. The zero-order valence-corrected chi connectivity index (χ0v) is 12.9. The van der Waals surface area contributed by atoms with Crippen molar-refractivity contribution in [3.63, 3.8) is 0 Å². The Balaban J connectivity index is 0.00000172. The Kier molecular flexibility index (Phi) is 8.96. The van der Waals surface area contributed by atoms with E-state index in [1.54, 1.807) is 32.8 Å². The second-order valence-electron chi connectivity index (χ2n) is 3.53. The summed E-state index contributed by atoms with van der Waals surface area (Å²) < 4.78 is 10.2. The van der Waals surface area contributed by atoms with Gasteiger partial charge in [0.15, 0.2) is 0 Å². The molecule has 110 valence electrons. The third-order valence-corrected chi connectivity index (χ3v) is 3.29. The molecule has 0 atom stereocenters. The van der Waals surface area contributed by atoms with Crippen LogP contribution in [0, 0.1) is 10.8 Å². The predicted octanol–water partition coefficient (Wildman–Crippen LogP) is 3.43. The van der Waals surface area contributed by atoms with Crippen molar-refractivity contribution in [2.24, 2.45) is 0 Å². The Morgan fingerprint density at radius 1 is 1.35 bits per heavy atom. The maximum absolute atomic E-state index is 11.6. The van der Waals surface area contributed by atoms with Gasteiger partial charge in [-0.15, -0.1) is 11.8 Å². The number of carbonyl (C=O) groups is 1. The van der Waals surface area contributed by atoms with Crippen LogP contribution in [0.2, 0.25) is 0 Å². The topological polar surface area (TPSA) is 86.3 Å². The Hall–Kier alpha value is -1.94. The Labute approximate surface area is 123 Å². The molecule has 0 saturated heterocycles. The molecule has 6 nitrogen and oxygen atoms in total. The molecule has 0 spiro atoms. The molecule has 20 heavy (non-hydrogen) atoms. The first-order chi connectivity index (χ1) is 9.63. The summed E-state index contributed by atoms with van der Waals surface area (Å²) in [6, 6.07) is 5.64. The van der Waals surface area contributed by atoms with Gasteiger partial charge in [-0.25, -0.2) is 4.79 Å². The fourth-order valence-electron chi connectivity index (χ4n) is 1.47. The lowest BCUT2D eigenvalue weighted by Crippen LogP contribution is -2.26. The highest BCUT2D eigenvalue weighted by atomic mass is 32.2. The molecule has 0 saturated carbocycles. The van der Waals surface area contributed by atoms with Crippen LogP contribution in [-0.2, 0) is 4.74 Å². The van der Waals surface area contributed by atoms with Gasteiger partial charge in [-0.1, -0.05) is 6.92 Å². The third-order valence-electron chi connectivity index (χ3n) is 2.38. The van der Waals surface area contributed by atoms with E-state index < -0.39 is 0 Å². The van der Waals surface area contributed by atoms with Crippen molar-refractivity contribution in [2.45, 2.75) is 18.7 Å². The molecule has 1 aromatic carbocycles. The molecular formula is C13H19N3O3S. The van der Waals surface area contributed by atoms with Gasteiger partial charge >= 0.3 is 6.09 Å². The normalized spacial score (nSPS) is 9.10. The van der Waals surface area contributed by atoms with Crippen LogP contribution in [0.15, 0.2) is 23.1 Å². The number of hydrogen-bond acceptors (Lipinski definition) is 6. The van der Waals surface area contributed by atoms with E-state index in [1.165, 1.54) is 4.90 Å². The molecule has 0 radical (unpaired) electrons. The lowest BCUT2D eigenvalue weighted by atomic mass is 10.3. The van der Waals surface area contributed by atoms with Gasteiger partial charge in [-0.05, 0) is 30.9 Å². The number of nitrogens with zero attached hydrogens (tertiary/aromatic N) is 3. The smallest absolute Gasteiger partial charge is 0.413 e. The number of ether oxygens (including phenoxy) is 2. The van der Waals surface area contributed by atoms with Crippen LogP contribution in [-0.4, -0.2) is 32.6 Å². The van der Waals surface area contributed by atoms with Gasteiger partial charge in [-0.3, -0.25) is 4.90 Å². The lowest BCUT2D eigenvalue weighted by molar-refractivity contribution is 0.161. The highest BCUT2D eigenvalue weighted by Crippen LogP contribution is 2.32. The fraction of sp³-hybridized carbons (Fsp3) is 0.462. The number of thioether (sulfide) groups is 1. The van der Waals surface area contributed by atoms with Gasteiger partial charge in [0.2, 0.25) is 0 Å². The van der Waals surface area contributed by atoms with Crippen LogP contribution >= 0.6 is 11.8 Å². The molecule has 1 amide bonds. The molecular weight excluding hydrogens is 278 g/mol. The first kappa shape index (κ1) is 18.1. The van der Waals surface area contributed by atoms with Crippen LogP contribution in [0.5, 0.6) is 5.75 Å². The number of benzene rings is 1. The van der Waals surface area contributed by atoms with Crippen molar-refractivity contribution in [1.29, 1.82) is 10.8 Å². The molecule has 1 aromatic rings. The first-order valence-corrected chi connectivity index (χ1v) is 7.03. The summed E-state index contributed by atoms with van der Waals surface area (Å²) in [5, 5.41) is 12.0. The molecule has 0 fully saturated rings. The van der Waals surface area contributed by atoms with E-state index in [4.69, 9.17) is 20.3 Å². The maximum atomic E-state index is 11.6. The minimum Gasteiger partial charge on any atom is -0.496 e. The number of anilines is 1. The molecule has 0 heterocycles. The second kappa shape index (κ2) is 9.92. The average Bonchev–Trinajstić information content (AvgIpc) is 2.49. The fourth-order valence-corrected chi connectivity index (χ4v) is 2.28.